The smallest absolute Gasteiger partial charge is 0.410 e. The quantitative estimate of drug-likeness (QED) is 0.776. The predicted molar refractivity (Wildman–Crippen MR) is 101 cm³/mol. The molecule has 0 fully saturated rings. The number of hydrogen-bond acceptors (Lipinski definition) is 7. The number of hydrogen-bond donors (Lipinski definition) is 1. The highest BCUT2D eigenvalue weighted by Gasteiger charge is 2.55. The van der Waals surface area contributed by atoms with Gasteiger partial charge in [-0.05, 0) is 38.0 Å². The maximum absolute atomic E-state index is 12.6. The molecular formula is C21H21N5O3. The van der Waals surface area contributed by atoms with E-state index in [9.17, 15) is 20.6 Å². The summed E-state index contributed by atoms with van der Waals surface area (Å²) in [6.07, 6.45) is 4.16. The van der Waals surface area contributed by atoms with Gasteiger partial charge in [0.25, 0.3) is 0 Å². The van der Waals surface area contributed by atoms with Gasteiger partial charge in [0.05, 0.1) is 35.9 Å². The zero-order valence-corrected chi connectivity index (χ0v) is 16.5. The van der Waals surface area contributed by atoms with E-state index in [-0.39, 0.29) is 24.4 Å². The van der Waals surface area contributed by atoms with Crippen LogP contribution < -0.4 is 5.73 Å². The number of carbonyl (C=O) groups is 1. The van der Waals surface area contributed by atoms with Gasteiger partial charge < -0.3 is 19.8 Å². The van der Waals surface area contributed by atoms with Gasteiger partial charge in [0, 0.05) is 24.9 Å². The molecule has 1 aromatic rings. The van der Waals surface area contributed by atoms with Gasteiger partial charge in [0.2, 0.25) is 0 Å². The lowest BCUT2D eigenvalue weighted by atomic mass is 9.58. The van der Waals surface area contributed by atoms with Crippen LogP contribution in [-0.2, 0) is 4.74 Å². The molecule has 2 N–H and O–H groups in total. The SMILES string of the molecule is CC(C)(C)OC(=O)N1CC=C2C(C#N)=C(N)C(C#N)(C#N)[C@@H](c3ccoc3)[C@@H]2C1. The molecule has 2 aliphatic rings. The average molecular weight is 391 g/mol. The molecule has 8 heteroatoms. The minimum absolute atomic E-state index is 0.0654. The van der Waals surface area contributed by atoms with E-state index in [0.717, 1.165) is 0 Å². The third-order valence-electron chi connectivity index (χ3n) is 5.22. The second-order valence-electron chi connectivity index (χ2n) is 8.12. The van der Waals surface area contributed by atoms with E-state index in [1.807, 2.05) is 12.1 Å². The van der Waals surface area contributed by atoms with Crippen molar-refractivity contribution in [3.63, 3.8) is 0 Å². The number of carbonyl (C=O) groups excluding carboxylic acids is 1. The Kier molecular flexibility index (Phi) is 4.86. The average Bonchev–Trinajstić information content (AvgIpc) is 3.19. The molecule has 1 amide bonds. The Balaban J connectivity index is 2.14. The first-order valence-corrected chi connectivity index (χ1v) is 9.11. The predicted octanol–water partition coefficient (Wildman–Crippen LogP) is 2.94. The van der Waals surface area contributed by atoms with Crippen LogP contribution in [0.25, 0.3) is 0 Å². The summed E-state index contributed by atoms with van der Waals surface area (Å²) in [6.45, 7) is 5.75. The maximum atomic E-state index is 12.6. The molecule has 3 rings (SSSR count). The van der Waals surface area contributed by atoms with Crippen molar-refractivity contribution >= 4 is 6.09 Å². The van der Waals surface area contributed by atoms with Crippen LogP contribution in [0.3, 0.4) is 0 Å². The highest BCUT2D eigenvalue weighted by atomic mass is 16.6. The molecule has 1 aromatic heterocycles. The lowest BCUT2D eigenvalue weighted by Gasteiger charge is -2.45. The van der Waals surface area contributed by atoms with Crippen LogP contribution in [0.1, 0.15) is 32.3 Å². The summed E-state index contributed by atoms with van der Waals surface area (Å²) in [7, 11) is 0. The fourth-order valence-corrected chi connectivity index (χ4v) is 3.98. The van der Waals surface area contributed by atoms with E-state index in [1.165, 1.54) is 17.4 Å². The van der Waals surface area contributed by atoms with Crippen LogP contribution in [0.4, 0.5) is 4.79 Å². The van der Waals surface area contributed by atoms with Crippen molar-refractivity contribution in [2.24, 2.45) is 17.1 Å². The maximum Gasteiger partial charge on any atom is 0.410 e. The van der Waals surface area contributed by atoms with Gasteiger partial charge in [-0.3, -0.25) is 0 Å². The van der Waals surface area contributed by atoms with E-state index in [2.05, 4.69) is 6.07 Å². The van der Waals surface area contributed by atoms with Crippen molar-refractivity contribution in [2.75, 3.05) is 13.1 Å². The molecule has 148 valence electrons. The second kappa shape index (κ2) is 7.04. The first-order chi connectivity index (χ1) is 13.7. The fourth-order valence-electron chi connectivity index (χ4n) is 3.98. The first kappa shape index (κ1) is 20.0. The molecule has 8 nitrogen and oxygen atoms in total. The third kappa shape index (κ3) is 3.22. The Labute approximate surface area is 169 Å². The Morgan fingerprint density at radius 2 is 2.03 bits per heavy atom. The summed E-state index contributed by atoms with van der Waals surface area (Å²) >= 11 is 0. The van der Waals surface area contributed by atoms with Crippen LogP contribution in [0.5, 0.6) is 0 Å². The zero-order valence-electron chi connectivity index (χ0n) is 16.5. The number of ether oxygens (including phenoxy) is 1. The first-order valence-electron chi connectivity index (χ1n) is 9.11. The lowest BCUT2D eigenvalue weighted by molar-refractivity contribution is 0.0224. The molecule has 29 heavy (non-hydrogen) atoms. The molecule has 1 aliphatic heterocycles. The normalized spacial score (nSPS) is 23.2. The van der Waals surface area contributed by atoms with E-state index in [4.69, 9.17) is 14.9 Å². The summed E-state index contributed by atoms with van der Waals surface area (Å²) in [5.41, 5.74) is 5.09. The summed E-state index contributed by atoms with van der Waals surface area (Å²) in [4.78, 5) is 14.1. The summed E-state index contributed by atoms with van der Waals surface area (Å²) in [6, 6.07) is 7.79. The van der Waals surface area contributed by atoms with Crippen LogP contribution in [0, 0.1) is 45.3 Å². The molecule has 0 saturated heterocycles. The molecule has 0 aromatic carbocycles. The van der Waals surface area contributed by atoms with Gasteiger partial charge in [-0.15, -0.1) is 0 Å². The largest absolute Gasteiger partial charge is 0.472 e. The van der Waals surface area contributed by atoms with Gasteiger partial charge in [0.1, 0.15) is 11.7 Å². The van der Waals surface area contributed by atoms with Crippen LogP contribution in [0.15, 0.2) is 45.9 Å². The lowest BCUT2D eigenvalue weighted by Crippen LogP contribution is -2.50. The van der Waals surface area contributed by atoms with Crippen LogP contribution in [-0.4, -0.2) is 29.7 Å². The van der Waals surface area contributed by atoms with Crippen LogP contribution in [0.2, 0.25) is 0 Å². The molecule has 2 heterocycles. The van der Waals surface area contributed by atoms with Crippen molar-refractivity contribution in [3.8, 4) is 18.2 Å². The highest BCUT2D eigenvalue weighted by molar-refractivity contribution is 5.70. The van der Waals surface area contributed by atoms with E-state index < -0.39 is 28.9 Å². The van der Waals surface area contributed by atoms with E-state index in [1.54, 1.807) is 32.9 Å². The Morgan fingerprint density at radius 1 is 1.34 bits per heavy atom. The molecule has 0 radical (unpaired) electrons. The third-order valence-corrected chi connectivity index (χ3v) is 5.22. The Morgan fingerprint density at radius 3 is 2.55 bits per heavy atom. The fraction of sp³-hybridized carbons (Fsp3) is 0.429. The van der Waals surface area contributed by atoms with E-state index in [0.29, 0.717) is 11.1 Å². The molecule has 0 unspecified atom stereocenters. The molecular weight excluding hydrogens is 370 g/mol. The van der Waals surface area contributed by atoms with Gasteiger partial charge in [0.15, 0.2) is 5.41 Å². The zero-order chi connectivity index (χ0) is 21.4. The monoisotopic (exact) mass is 391 g/mol. The number of furan rings is 1. The Hall–Kier alpha value is -3.70. The number of fused-ring (bicyclic) bond motifs is 1. The topological polar surface area (TPSA) is 140 Å². The van der Waals surface area contributed by atoms with Crippen molar-refractivity contribution in [2.45, 2.75) is 32.3 Å². The van der Waals surface area contributed by atoms with Crippen molar-refractivity contribution in [3.05, 3.63) is 47.1 Å². The minimum Gasteiger partial charge on any atom is -0.472 e. The van der Waals surface area contributed by atoms with Gasteiger partial charge in [-0.25, -0.2) is 4.79 Å². The molecule has 0 spiro atoms. The number of rotatable bonds is 1. The number of nitriles is 3. The minimum atomic E-state index is -1.76. The standard InChI is InChI=1S/C21H21N5O3/c1-20(2,3)29-19(27)26-6-4-14-15(8-22)18(25)21(11-23,12-24)17(16(14)9-26)13-5-7-28-10-13/h4-5,7,10,16-17H,6,9,25H2,1-3H3/t16-,17+/m1/s1. The molecule has 1 aliphatic carbocycles. The van der Waals surface area contributed by atoms with Crippen molar-refractivity contribution in [1.82, 2.24) is 4.90 Å². The number of nitrogens with zero attached hydrogens (tertiary/aromatic N) is 4. The van der Waals surface area contributed by atoms with Gasteiger partial charge in [-0.2, -0.15) is 15.8 Å². The molecule has 0 saturated carbocycles. The van der Waals surface area contributed by atoms with Crippen molar-refractivity contribution in [1.29, 1.82) is 15.8 Å². The van der Waals surface area contributed by atoms with Crippen molar-refractivity contribution < 1.29 is 13.9 Å². The van der Waals surface area contributed by atoms with Gasteiger partial charge in [-0.1, -0.05) is 6.08 Å². The number of amides is 1. The number of nitrogens with two attached hydrogens (primary N) is 1. The summed E-state index contributed by atoms with van der Waals surface area (Å²) < 4.78 is 10.7. The second-order valence-corrected chi connectivity index (χ2v) is 8.12. The molecule has 2 atom stereocenters. The highest BCUT2D eigenvalue weighted by Crippen LogP contribution is 2.54. The van der Waals surface area contributed by atoms with E-state index >= 15 is 0 Å². The van der Waals surface area contributed by atoms with Crippen LogP contribution >= 0.6 is 0 Å². The summed E-state index contributed by atoms with van der Waals surface area (Å²) in [5.74, 6) is -1.19. The molecule has 0 bridgehead atoms. The van der Waals surface area contributed by atoms with Gasteiger partial charge >= 0.3 is 6.09 Å². The number of allylic oxidation sites excluding steroid dienone is 2. The Bertz CT molecular complexity index is 995. The summed E-state index contributed by atoms with van der Waals surface area (Å²) in [5, 5.41) is 29.6.